The predicted octanol–water partition coefficient (Wildman–Crippen LogP) is 2.49. The summed E-state index contributed by atoms with van der Waals surface area (Å²) in [5, 5.41) is 2.75. The number of amides is 1. The van der Waals surface area contributed by atoms with Crippen LogP contribution >= 0.6 is 12.4 Å². The molecule has 3 N–H and O–H groups in total. The molecule has 19 heavy (non-hydrogen) atoms. The Labute approximate surface area is 120 Å². The normalized spacial score (nSPS) is 17.4. The van der Waals surface area contributed by atoms with Crippen LogP contribution in [0.2, 0.25) is 0 Å². The number of anilines is 1. The number of hydrogen-bond acceptors (Lipinski definition) is 3. The average molecular weight is 285 g/mol. The summed E-state index contributed by atoms with van der Waals surface area (Å²) in [6, 6.07) is 7.84. The van der Waals surface area contributed by atoms with Crippen molar-refractivity contribution in [3.05, 3.63) is 29.8 Å². The number of halogens is 1. The van der Waals surface area contributed by atoms with Crippen molar-refractivity contribution >= 4 is 24.0 Å². The lowest BCUT2D eigenvalue weighted by Crippen LogP contribution is -2.27. The highest BCUT2D eigenvalue weighted by atomic mass is 35.5. The van der Waals surface area contributed by atoms with E-state index in [0.29, 0.717) is 5.92 Å². The molecule has 106 valence electrons. The van der Waals surface area contributed by atoms with E-state index in [-0.39, 0.29) is 24.4 Å². The van der Waals surface area contributed by atoms with Gasteiger partial charge < -0.3 is 15.8 Å². The van der Waals surface area contributed by atoms with Crippen LogP contribution in [0.3, 0.4) is 0 Å². The fourth-order valence-electron chi connectivity index (χ4n) is 2.34. The number of carbonyl (C=O) groups is 1. The van der Waals surface area contributed by atoms with E-state index in [1.165, 1.54) is 6.92 Å². The summed E-state index contributed by atoms with van der Waals surface area (Å²) in [5.74, 6) is 0.432. The molecule has 4 nitrogen and oxygen atoms in total. The topological polar surface area (TPSA) is 64.4 Å². The molecule has 1 amide bonds. The molecule has 0 aliphatic carbocycles. The van der Waals surface area contributed by atoms with Crippen molar-refractivity contribution in [2.75, 3.05) is 18.5 Å². The first-order chi connectivity index (χ1) is 8.66. The number of ether oxygens (including phenoxy) is 1. The molecule has 1 heterocycles. The third-order valence-corrected chi connectivity index (χ3v) is 3.39. The maximum absolute atomic E-state index is 10.9. The number of nitrogens with two attached hydrogens (primary N) is 1. The highest BCUT2D eigenvalue weighted by Gasteiger charge is 2.22. The van der Waals surface area contributed by atoms with Crippen molar-refractivity contribution in [2.45, 2.75) is 25.8 Å². The molecule has 0 saturated carbocycles. The molecule has 0 radical (unpaired) electrons. The summed E-state index contributed by atoms with van der Waals surface area (Å²) in [7, 11) is 0. The number of carbonyl (C=O) groups excluding carboxylic acids is 1. The maximum Gasteiger partial charge on any atom is 0.221 e. The van der Waals surface area contributed by atoms with Gasteiger partial charge in [0.15, 0.2) is 0 Å². The van der Waals surface area contributed by atoms with Gasteiger partial charge in [-0.15, -0.1) is 12.4 Å². The molecule has 1 aliphatic heterocycles. The summed E-state index contributed by atoms with van der Waals surface area (Å²) in [4.78, 5) is 10.9. The Morgan fingerprint density at radius 2 is 1.89 bits per heavy atom. The molecule has 1 fully saturated rings. The average Bonchev–Trinajstić information content (AvgIpc) is 2.39. The zero-order valence-corrected chi connectivity index (χ0v) is 11.9. The minimum Gasteiger partial charge on any atom is -0.381 e. The van der Waals surface area contributed by atoms with Gasteiger partial charge in [-0.1, -0.05) is 12.1 Å². The SMILES string of the molecule is CC(=O)Nc1ccc([C@H](N)C2CCOCC2)cc1.Cl. The Hall–Kier alpha value is -1.10. The van der Waals surface area contributed by atoms with E-state index < -0.39 is 0 Å². The fraction of sp³-hybridized carbons (Fsp3) is 0.500. The lowest BCUT2D eigenvalue weighted by atomic mass is 9.88. The van der Waals surface area contributed by atoms with Crippen molar-refractivity contribution in [1.29, 1.82) is 0 Å². The second-order valence-corrected chi connectivity index (χ2v) is 4.78. The van der Waals surface area contributed by atoms with Crippen LogP contribution in [0.1, 0.15) is 31.4 Å². The molecule has 1 atom stereocenters. The van der Waals surface area contributed by atoms with Gasteiger partial charge in [0.25, 0.3) is 0 Å². The lowest BCUT2D eigenvalue weighted by molar-refractivity contribution is -0.114. The van der Waals surface area contributed by atoms with Crippen LogP contribution in [0.25, 0.3) is 0 Å². The van der Waals surface area contributed by atoms with E-state index in [1.54, 1.807) is 0 Å². The van der Waals surface area contributed by atoms with Gasteiger partial charge in [-0.25, -0.2) is 0 Å². The zero-order valence-electron chi connectivity index (χ0n) is 11.1. The van der Waals surface area contributed by atoms with Gasteiger partial charge in [-0.05, 0) is 36.5 Å². The van der Waals surface area contributed by atoms with Gasteiger partial charge in [0.05, 0.1) is 0 Å². The Kier molecular flexibility index (Phi) is 6.28. The Morgan fingerprint density at radius 3 is 2.42 bits per heavy atom. The van der Waals surface area contributed by atoms with E-state index in [2.05, 4.69) is 5.32 Å². The van der Waals surface area contributed by atoms with Crippen LogP contribution in [0, 0.1) is 5.92 Å². The molecule has 1 aromatic carbocycles. The molecule has 0 aromatic heterocycles. The van der Waals surface area contributed by atoms with Gasteiger partial charge >= 0.3 is 0 Å². The van der Waals surface area contributed by atoms with Crippen molar-refractivity contribution in [2.24, 2.45) is 11.7 Å². The second-order valence-electron chi connectivity index (χ2n) is 4.78. The molecule has 2 rings (SSSR count). The summed E-state index contributed by atoms with van der Waals surface area (Å²) in [6.45, 7) is 3.12. The largest absolute Gasteiger partial charge is 0.381 e. The van der Waals surface area contributed by atoms with Gasteiger partial charge in [0.2, 0.25) is 5.91 Å². The van der Waals surface area contributed by atoms with Gasteiger partial charge in [-0.2, -0.15) is 0 Å². The Balaban J connectivity index is 0.00000180. The van der Waals surface area contributed by atoms with E-state index in [9.17, 15) is 4.79 Å². The molecule has 0 unspecified atom stereocenters. The highest BCUT2D eigenvalue weighted by molar-refractivity contribution is 5.88. The maximum atomic E-state index is 10.9. The minimum absolute atomic E-state index is 0. The molecular formula is C14H21ClN2O2. The van der Waals surface area contributed by atoms with E-state index in [0.717, 1.165) is 37.3 Å². The van der Waals surface area contributed by atoms with Gasteiger partial charge in [-0.3, -0.25) is 4.79 Å². The smallest absolute Gasteiger partial charge is 0.221 e. The monoisotopic (exact) mass is 284 g/mol. The second kappa shape index (κ2) is 7.48. The van der Waals surface area contributed by atoms with Gasteiger partial charge in [0, 0.05) is 31.9 Å². The molecule has 0 spiro atoms. The summed E-state index contributed by atoms with van der Waals surface area (Å²) in [5.41, 5.74) is 8.21. The summed E-state index contributed by atoms with van der Waals surface area (Å²) < 4.78 is 5.35. The van der Waals surface area contributed by atoms with E-state index in [4.69, 9.17) is 10.5 Å². The van der Waals surface area contributed by atoms with Crippen molar-refractivity contribution < 1.29 is 9.53 Å². The zero-order chi connectivity index (χ0) is 13.0. The summed E-state index contributed by atoms with van der Waals surface area (Å²) in [6.07, 6.45) is 2.04. The van der Waals surface area contributed by atoms with Crippen LogP contribution in [-0.2, 0) is 9.53 Å². The minimum atomic E-state index is -0.0588. The van der Waals surface area contributed by atoms with E-state index in [1.807, 2.05) is 24.3 Å². The number of rotatable bonds is 3. The summed E-state index contributed by atoms with van der Waals surface area (Å²) >= 11 is 0. The van der Waals surface area contributed by atoms with Gasteiger partial charge in [0.1, 0.15) is 0 Å². The predicted molar refractivity (Wildman–Crippen MR) is 78.5 cm³/mol. The first-order valence-electron chi connectivity index (χ1n) is 6.37. The standard InChI is InChI=1S/C14H20N2O2.ClH/c1-10(17)16-13-4-2-11(3-5-13)14(15)12-6-8-18-9-7-12;/h2-5,12,14H,6-9,15H2,1H3,(H,16,17);1H/t14-;/m0./s1. The fourth-order valence-corrected chi connectivity index (χ4v) is 2.34. The third kappa shape index (κ3) is 4.49. The Morgan fingerprint density at radius 1 is 1.32 bits per heavy atom. The van der Waals surface area contributed by atoms with Crippen LogP contribution in [0.5, 0.6) is 0 Å². The molecule has 5 heteroatoms. The van der Waals surface area contributed by atoms with E-state index >= 15 is 0 Å². The molecule has 1 saturated heterocycles. The number of benzene rings is 1. The van der Waals surface area contributed by atoms with Crippen LogP contribution in [-0.4, -0.2) is 19.1 Å². The molecule has 0 bridgehead atoms. The van der Waals surface area contributed by atoms with Crippen molar-refractivity contribution in [1.82, 2.24) is 0 Å². The number of nitrogens with one attached hydrogen (secondary N) is 1. The third-order valence-electron chi connectivity index (χ3n) is 3.39. The Bertz CT molecular complexity index is 402. The van der Waals surface area contributed by atoms with Crippen molar-refractivity contribution in [3.8, 4) is 0 Å². The van der Waals surface area contributed by atoms with Crippen molar-refractivity contribution in [3.63, 3.8) is 0 Å². The lowest BCUT2D eigenvalue weighted by Gasteiger charge is -2.28. The molecule has 1 aromatic rings. The quantitative estimate of drug-likeness (QED) is 0.896. The van der Waals surface area contributed by atoms with Crippen LogP contribution in [0.15, 0.2) is 24.3 Å². The van der Waals surface area contributed by atoms with Crippen LogP contribution < -0.4 is 11.1 Å². The first kappa shape index (κ1) is 16.0. The highest BCUT2D eigenvalue weighted by Crippen LogP contribution is 2.28. The van der Waals surface area contributed by atoms with Crippen LogP contribution in [0.4, 0.5) is 5.69 Å². The number of hydrogen-bond donors (Lipinski definition) is 2. The molecule has 1 aliphatic rings. The first-order valence-corrected chi connectivity index (χ1v) is 6.37. The molecular weight excluding hydrogens is 264 g/mol.